The van der Waals surface area contributed by atoms with Gasteiger partial charge in [0.15, 0.2) is 0 Å². The standard InChI is InChI=1S/C18H14N4/c1-2-8-15(9-3-1)18-19-21-22(20-18)13-16-11-6-10-14-7-4-5-12-17(14)16/h1-12H,13H2. The molecular weight excluding hydrogens is 272 g/mol. The summed E-state index contributed by atoms with van der Waals surface area (Å²) < 4.78 is 0. The van der Waals surface area contributed by atoms with Crippen LogP contribution in [0.4, 0.5) is 0 Å². The molecule has 0 N–H and O–H groups in total. The van der Waals surface area contributed by atoms with E-state index < -0.39 is 0 Å². The van der Waals surface area contributed by atoms with Gasteiger partial charge in [0.2, 0.25) is 5.82 Å². The predicted molar refractivity (Wildman–Crippen MR) is 86.3 cm³/mol. The molecule has 4 nitrogen and oxygen atoms in total. The maximum atomic E-state index is 4.48. The summed E-state index contributed by atoms with van der Waals surface area (Å²) in [5.74, 6) is 0.654. The van der Waals surface area contributed by atoms with Gasteiger partial charge in [-0.15, -0.1) is 10.2 Å². The Morgan fingerprint density at radius 3 is 2.45 bits per heavy atom. The van der Waals surface area contributed by atoms with Gasteiger partial charge in [0.1, 0.15) is 0 Å². The van der Waals surface area contributed by atoms with Gasteiger partial charge in [0.05, 0.1) is 6.54 Å². The second-order valence-corrected chi connectivity index (χ2v) is 5.15. The summed E-state index contributed by atoms with van der Waals surface area (Å²) in [7, 11) is 0. The molecule has 0 saturated carbocycles. The van der Waals surface area contributed by atoms with E-state index in [4.69, 9.17) is 0 Å². The molecule has 106 valence electrons. The van der Waals surface area contributed by atoms with Gasteiger partial charge in [-0.1, -0.05) is 72.8 Å². The van der Waals surface area contributed by atoms with Crippen molar-refractivity contribution >= 4 is 10.8 Å². The molecule has 1 heterocycles. The zero-order chi connectivity index (χ0) is 14.8. The molecule has 0 bridgehead atoms. The molecule has 0 unspecified atom stereocenters. The number of aromatic nitrogens is 4. The van der Waals surface area contributed by atoms with Gasteiger partial charge in [-0.2, -0.15) is 4.80 Å². The molecule has 4 rings (SSSR count). The van der Waals surface area contributed by atoms with Gasteiger partial charge in [-0.25, -0.2) is 0 Å². The highest BCUT2D eigenvalue weighted by Crippen LogP contribution is 2.19. The normalized spacial score (nSPS) is 10.9. The summed E-state index contributed by atoms with van der Waals surface area (Å²) in [5, 5.41) is 15.2. The Labute approximate surface area is 128 Å². The van der Waals surface area contributed by atoms with Crippen LogP contribution in [0.1, 0.15) is 5.56 Å². The Balaban J connectivity index is 1.68. The Morgan fingerprint density at radius 1 is 0.773 bits per heavy atom. The van der Waals surface area contributed by atoms with Gasteiger partial charge in [0, 0.05) is 5.56 Å². The van der Waals surface area contributed by atoms with Gasteiger partial charge in [-0.3, -0.25) is 0 Å². The highest BCUT2D eigenvalue weighted by atomic mass is 15.6. The number of nitrogens with zero attached hydrogens (tertiary/aromatic N) is 4. The maximum Gasteiger partial charge on any atom is 0.204 e. The number of fused-ring (bicyclic) bond motifs is 1. The van der Waals surface area contributed by atoms with E-state index in [0.29, 0.717) is 12.4 Å². The molecule has 0 atom stereocenters. The third-order valence-corrected chi connectivity index (χ3v) is 3.68. The van der Waals surface area contributed by atoms with Crippen LogP contribution in [-0.4, -0.2) is 20.2 Å². The molecule has 0 aliphatic heterocycles. The van der Waals surface area contributed by atoms with Crippen molar-refractivity contribution in [2.24, 2.45) is 0 Å². The highest BCUT2D eigenvalue weighted by molar-refractivity contribution is 5.85. The number of rotatable bonds is 3. The Bertz CT molecular complexity index is 907. The zero-order valence-corrected chi connectivity index (χ0v) is 11.9. The first kappa shape index (κ1) is 12.7. The molecule has 0 saturated heterocycles. The second kappa shape index (κ2) is 5.41. The monoisotopic (exact) mass is 286 g/mol. The number of benzene rings is 3. The molecule has 0 spiro atoms. The lowest BCUT2D eigenvalue weighted by Crippen LogP contribution is -2.04. The van der Waals surface area contributed by atoms with Crippen LogP contribution in [0.25, 0.3) is 22.2 Å². The molecule has 0 aliphatic rings. The maximum absolute atomic E-state index is 4.48. The topological polar surface area (TPSA) is 43.6 Å². The molecule has 4 aromatic rings. The fourth-order valence-corrected chi connectivity index (χ4v) is 2.60. The molecule has 4 heteroatoms. The third-order valence-electron chi connectivity index (χ3n) is 3.68. The molecule has 22 heavy (non-hydrogen) atoms. The van der Waals surface area contributed by atoms with Crippen LogP contribution in [0.3, 0.4) is 0 Å². The smallest absolute Gasteiger partial charge is 0.159 e. The summed E-state index contributed by atoms with van der Waals surface area (Å²) >= 11 is 0. The minimum absolute atomic E-state index is 0.612. The lowest BCUT2D eigenvalue weighted by molar-refractivity contribution is 0.575. The molecular formula is C18H14N4. The molecule has 3 aromatic carbocycles. The summed E-state index contributed by atoms with van der Waals surface area (Å²) in [4.78, 5) is 1.64. The van der Waals surface area contributed by atoms with Crippen LogP contribution in [-0.2, 0) is 6.54 Å². The first-order valence-corrected chi connectivity index (χ1v) is 7.20. The molecule has 0 radical (unpaired) electrons. The van der Waals surface area contributed by atoms with Crippen molar-refractivity contribution in [1.82, 2.24) is 20.2 Å². The van der Waals surface area contributed by atoms with Crippen LogP contribution in [0.15, 0.2) is 72.8 Å². The summed E-state index contributed by atoms with van der Waals surface area (Å²) in [6.45, 7) is 0.612. The molecule has 1 aromatic heterocycles. The van der Waals surface area contributed by atoms with E-state index in [1.807, 2.05) is 36.4 Å². The fraction of sp³-hybridized carbons (Fsp3) is 0.0556. The van der Waals surface area contributed by atoms with Crippen LogP contribution < -0.4 is 0 Å². The van der Waals surface area contributed by atoms with E-state index in [2.05, 4.69) is 51.8 Å². The quantitative estimate of drug-likeness (QED) is 0.578. The zero-order valence-electron chi connectivity index (χ0n) is 11.9. The SMILES string of the molecule is c1ccc(-c2nnn(Cc3cccc4ccccc34)n2)cc1. The summed E-state index contributed by atoms with van der Waals surface area (Å²) in [5.41, 5.74) is 2.17. The predicted octanol–water partition coefficient (Wildman–Crippen LogP) is 3.54. The lowest BCUT2D eigenvalue weighted by atomic mass is 10.1. The molecule has 0 fully saturated rings. The first-order chi connectivity index (χ1) is 10.9. The van der Waals surface area contributed by atoms with Crippen LogP contribution in [0.5, 0.6) is 0 Å². The van der Waals surface area contributed by atoms with Gasteiger partial charge < -0.3 is 0 Å². The third kappa shape index (κ3) is 2.35. The lowest BCUT2D eigenvalue weighted by Gasteiger charge is -2.05. The van der Waals surface area contributed by atoms with Crippen molar-refractivity contribution in [3.8, 4) is 11.4 Å². The van der Waals surface area contributed by atoms with Crippen LogP contribution >= 0.6 is 0 Å². The molecule has 0 amide bonds. The highest BCUT2D eigenvalue weighted by Gasteiger charge is 2.07. The number of tetrazole rings is 1. The van der Waals surface area contributed by atoms with Crippen molar-refractivity contribution in [2.75, 3.05) is 0 Å². The number of hydrogen-bond acceptors (Lipinski definition) is 3. The van der Waals surface area contributed by atoms with Gasteiger partial charge in [-0.05, 0) is 21.5 Å². The average molecular weight is 286 g/mol. The van der Waals surface area contributed by atoms with E-state index in [9.17, 15) is 0 Å². The van der Waals surface area contributed by atoms with Gasteiger partial charge >= 0.3 is 0 Å². The van der Waals surface area contributed by atoms with Crippen molar-refractivity contribution in [1.29, 1.82) is 0 Å². The van der Waals surface area contributed by atoms with Crippen molar-refractivity contribution < 1.29 is 0 Å². The largest absolute Gasteiger partial charge is 0.204 e. The minimum Gasteiger partial charge on any atom is -0.159 e. The van der Waals surface area contributed by atoms with Crippen molar-refractivity contribution in [2.45, 2.75) is 6.54 Å². The van der Waals surface area contributed by atoms with E-state index >= 15 is 0 Å². The Kier molecular flexibility index (Phi) is 3.12. The van der Waals surface area contributed by atoms with Crippen molar-refractivity contribution in [3.63, 3.8) is 0 Å². The second-order valence-electron chi connectivity index (χ2n) is 5.15. The fourth-order valence-electron chi connectivity index (χ4n) is 2.60. The Hall–Kier alpha value is -3.01. The average Bonchev–Trinajstić information content (AvgIpc) is 3.05. The van der Waals surface area contributed by atoms with E-state index in [0.717, 1.165) is 5.56 Å². The number of hydrogen-bond donors (Lipinski definition) is 0. The first-order valence-electron chi connectivity index (χ1n) is 7.20. The minimum atomic E-state index is 0.612. The van der Waals surface area contributed by atoms with E-state index in [1.165, 1.54) is 16.3 Å². The van der Waals surface area contributed by atoms with E-state index in [1.54, 1.807) is 4.80 Å². The van der Waals surface area contributed by atoms with Crippen LogP contribution in [0.2, 0.25) is 0 Å². The van der Waals surface area contributed by atoms with Crippen molar-refractivity contribution in [3.05, 3.63) is 78.4 Å². The summed E-state index contributed by atoms with van der Waals surface area (Å²) in [6.07, 6.45) is 0. The van der Waals surface area contributed by atoms with Gasteiger partial charge in [0.25, 0.3) is 0 Å². The van der Waals surface area contributed by atoms with Crippen LogP contribution in [0, 0.1) is 0 Å². The summed E-state index contributed by atoms with van der Waals surface area (Å²) in [6, 6.07) is 24.5. The van der Waals surface area contributed by atoms with E-state index in [-0.39, 0.29) is 0 Å². The molecule has 0 aliphatic carbocycles. The Morgan fingerprint density at radius 2 is 1.55 bits per heavy atom.